The highest BCUT2D eigenvalue weighted by atomic mass is 14.7. The van der Waals surface area contributed by atoms with E-state index in [0.29, 0.717) is 27.9 Å². The average molecular weight is 273 g/mol. The van der Waals surface area contributed by atoms with Gasteiger partial charge in [-0.1, -0.05) is 18.2 Å². The Labute approximate surface area is 121 Å². The zero-order chi connectivity index (χ0) is 15.1. The molecule has 0 bridgehead atoms. The summed E-state index contributed by atoms with van der Waals surface area (Å²) >= 11 is 0. The van der Waals surface area contributed by atoms with Crippen molar-refractivity contribution in [1.29, 1.82) is 10.5 Å². The third-order valence-electron chi connectivity index (χ3n) is 3.65. The summed E-state index contributed by atoms with van der Waals surface area (Å²) < 4.78 is 0. The summed E-state index contributed by atoms with van der Waals surface area (Å²) in [4.78, 5) is 0. The van der Waals surface area contributed by atoms with Crippen LogP contribution in [0.25, 0.3) is 22.3 Å². The monoisotopic (exact) mass is 273 g/mol. The summed E-state index contributed by atoms with van der Waals surface area (Å²) in [7, 11) is 0. The van der Waals surface area contributed by atoms with Gasteiger partial charge in [0.15, 0.2) is 0 Å². The first kappa shape index (κ1) is 12.6. The molecule has 0 aromatic carbocycles. The molecule has 3 rings (SSSR count). The fourth-order valence-electron chi connectivity index (χ4n) is 2.58. The molecule has 3 aliphatic rings. The van der Waals surface area contributed by atoms with Crippen molar-refractivity contribution in [1.82, 2.24) is 0 Å². The summed E-state index contributed by atoms with van der Waals surface area (Å²) in [5.41, 5.74) is 22.6. The molecule has 0 atom stereocenters. The fraction of sp³-hybridized carbons (Fsp3) is 0. The molecule has 6 N–H and O–H groups in total. The van der Waals surface area contributed by atoms with E-state index in [9.17, 15) is 5.26 Å². The summed E-state index contributed by atoms with van der Waals surface area (Å²) in [6.07, 6.45) is 0. The first-order valence-electron chi connectivity index (χ1n) is 6.21. The van der Waals surface area contributed by atoms with Gasteiger partial charge in [0.25, 0.3) is 0 Å². The number of fused-ring (bicyclic) bond motifs is 2. The largest absolute Gasteiger partial charge is 0.398 e. The number of hydrogen-bond acceptors (Lipinski definition) is 5. The molecular formula is C16H11N5. The second-order valence-corrected chi connectivity index (χ2v) is 4.76. The maximum absolute atomic E-state index is 9.32. The number of anilines is 3. The number of hydrogen-bond donors (Lipinski definition) is 3. The number of nitrogens with zero attached hydrogens (tertiary/aromatic N) is 2. The lowest BCUT2D eigenvalue weighted by Crippen LogP contribution is -1.99. The molecule has 5 nitrogen and oxygen atoms in total. The zero-order valence-corrected chi connectivity index (χ0v) is 11.0. The molecular weight excluding hydrogens is 262 g/mol. The van der Waals surface area contributed by atoms with Crippen LogP contribution in [0, 0.1) is 22.7 Å². The Balaban J connectivity index is 2.59. The predicted octanol–water partition coefficient (Wildman–Crippen LogP) is 2.39. The van der Waals surface area contributed by atoms with Crippen molar-refractivity contribution in [2.75, 3.05) is 17.2 Å². The van der Waals surface area contributed by atoms with E-state index in [1.54, 1.807) is 12.1 Å². The highest BCUT2D eigenvalue weighted by Gasteiger charge is 2.22. The molecule has 0 saturated heterocycles. The predicted molar refractivity (Wildman–Crippen MR) is 82.4 cm³/mol. The van der Waals surface area contributed by atoms with E-state index in [-0.39, 0.29) is 11.4 Å². The lowest BCUT2D eigenvalue weighted by atomic mass is 9.97. The van der Waals surface area contributed by atoms with Gasteiger partial charge in [0.1, 0.15) is 12.1 Å². The minimum Gasteiger partial charge on any atom is -0.398 e. The van der Waals surface area contributed by atoms with E-state index in [0.717, 1.165) is 11.1 Å². The van der Waals surface area contributed by atoms with Crippen LogP contribution in [0.3, 0.4) is 0 Å². The molecule has 0 heterocycles. The molecule has 0 aromatic rings. The molecule has 0 amide bonds. The molecule has 0 spiro atoms. The fourth-order valence-corrected chi connectivity index (χ4v) is 2.58. The normalized spacial score (nSPS) is 10.4. The minimum atomic E-state index is 0.237. The maximum atomic E-state index is 9.32. The van der Waals surface area contributed by atoms with E-state index < -0.39 is 0 Å². The van der Waals surface area contributed by atoms with Crippen molar-refractivity contribution < 1.29 is 0 Å². The van der Waals surface area contributed by atoms with Crippen molar-refractivity contribution in [2.24, 2.45) is 0 Å². The Morgan fingerprint density at radius 3 is 2.00 bits per heavy atom. The Kier molecular flexibility index (Phi) is 2.57. The van der Waals surface area contributed by atoms with Gasteiger partial charge in [-0.2, -0.15) is 10.5 Å². The van der Waals surface area contributed by atoms with Crippen LogP contribution in [-0.4, -0.2) is 0 Å². The van der Waals surface area contributed by atoms with Crippen LogP contribution in [0.1, 0.15) is 11.1 Å². The molecule has 0 aromatic heterocycles. The number of rotatable bonds is 0. The zero-order valence-electron chi connectivity index (χ0n) is 11.0. The van der Waals surface area contributed by atoms with Gasteiger partial charge in [-0.15, -0.1) is 0 Å². The number of nitriles is 2. The SMILES string of the molecule is N#Cc1cc2cccc-2c(N)c2cc(C#N)c(N)c-2c1N. The molecule has 21 heavy (non-hydrogen) atoms. The van der Waals surface area contributed by atoms with Crippen LogP contribution in [0.15, 0.2) is 30.3 Å². The molecule has 0 aliphatic heterocycles. The summed E-state index contributed by atoms with van der Waals surface area (Å²) in [5, 5.41) is 18.5. The Morgan fingerprint density at radius 1 is 0.762 bits per heavy atom. The summed E-state index contributed by atoms with van der Waals surface area (Å²) in [6, 6.07) is 13.0. The van der Waals surface area contributed by atoms with Gasteiger partial charge in [-0.25, -0.2) is 0 Å². The summed E-state index contributed by atoms with van der Waals surface area (Å²) in [6.45, 7) is 0. The van der Waals surface area contributed by atoms with Crippen LogP contribution in [0.5, 0.6) is 0 Å². The van der Waals surface area contributed by atoms with Gasteiger partial charge in [0.2, 0.25) is 0 Å². The second kappa shape index (κ2) is 4.29. The minimum absolute atomic E-state index is 0.237. The molecule has 3 aliphatic carbocycles. The smallest absolute Gasteiger partial charge is 0.101 e. The van der Waals surface area contributed by atoms with Crippen molar-refractivity contribution in [3.8, 4) is 34.4 Å². The van der Waals surface area contributed by atoms with Crippen LogP contribution in [0.2, 0.25) is 0 Å². The highest BCUT2D eigenvalue weighted by Crippen LogP contribution is 2.45. The van der Waals surface area contributed by atoms with Gasteiger partial charge in [-0.3, -0.25) is 0 Å². The van der Waals surface area contributed by atoms with E-state index in [1.165, 1.54) is 0 Å². The van der Waals surface area contributed by atoms with Crippen molar-refractivity contribution >= 4 is 17.1 Å². The Morgan fingerprint density at radius 2 is 1.38 bits per heavy atom. The molecule has 0 saturated carbocycles. The lowest BCUT2D eigenvalue weighted by Gasteiger charge is -2.11. The van der Waals surface area contributed by atoms with Crippen molar-refractivity contribution in [2.45, 2.75) is 0 Å². The molecule has 0 radical (unpaired) electrons. The van der Waals surface area contributed by atoms with Crippen LogP contribution in [0.4, 0.5) is 17.1 Å². The Bertz CT molecular complexity index is 898. The second-order valence-electron chi connectivity index (χ2n) is 4.76. The third kappa shape index (κ3) is 1.62. The van der Waals surface area contributed by atoms with E-state index in [1.807, 2.05) is 24.3 Å². The molecule has 100 valence electrons. The van der Waals surface area contributed by atoms with E-state index in [4.69, 9.17) is 22.5 Å². The van der Waals surface area contributed by atoms with E-state index in [2.05, 4.69) is 6.07 Å². The van der Waals surface area contributed by atoms with Crippen molar-refractivity contribution in [3.63, 3.8) is 0 Å². The van der Waals surface area contributed by atoms with Crippen LogP contribution < -0.4 is 17.2 Å². The van der Waals surface area contributed by atoms with Gasteiger partial charge in [0.05, 0.1) is 22.5 Å². The van der Waals surface area contributed by atoms with Gasteiger partial charge >= 0.3 is 0 Å². The topological polar surface area (TPSA) is 126 Å². The quantitative estimate of drug-likeness (QED) is 0.579. The van der Waals surface area contributed by atoms with Gasteiger partial charge < -0.3 is 17.2 Å². The molecule has 5 heteroatoms. The third-order valence-corrected chi connectivity index (χ3v) is 3.65. The van der Waals surface area contributed by atoms with Crippen LogP contribution >= 0.6 is 0 Å². The Hall–Kier alpha value is -3.44. The van der Waals surface area contributed by atoms with Gasteiger partial charge in [0, 0.05) is 22.4 Å². The van der Waals surface area contributed by atoms with E-state index >= 15 is 0 Å². The van der Waals surface area contributed by atoms with Crippen LogP contribution in [-0.2, 0) is 0 Å². The molecule has 0 fully saturated rings. The maximum Gasteiger partial charge on any atom is 0.101 e. The highest BCUT2D eigenvalue weighted by molar-refractivity contribution is 6.02. The summed E-state index contributed by atoms with van der Waals surface area (Å²) in [5.74, 6) is 0. The first-order chi connectivity index (χ1) is 10.1. The standard InChI is InChI=1S/C16H11N5/c17-6-9-4-8-2-1-3-11(8)16(21)12-5-10(7-18)15(20)13(12)14(9)19/h1-5H,19-21H2. The number of nitrogens with two attached hydrogens (primary N) is 3. The lowest BCUT2D eigenvalue weighted by molar-refractivity contribution is 1.49. The number of nitrogen functional groups attached to an aromatic ring is 3. The average Bonchev–Trinajstić information content (AvgIpc) is 3.06. The van der Waals surface area contributed by atoms with Crippen molar-refractivity contribution in [3.05, 3.63) is 41.5 Å². The van der Waals surface area contributed by atoms with Gasteiger partial charge in [-0.05, 0) is 17.7 Å². The molecule has 0 unspecified atom stereocenters. The first-order valence-corrected chi connectivity index (χ1v) is 6.21.